The van der Waals surface area contributed by atoms with Crippen LogP contribution in [0.3, 0.4) is 0 Å². The Morgan fingerprint density at radius 2 is 1.77 bits per heavy atom. The molecule has 1 amide bonds. The maximum absolute atomic E-state index is 15.4. The molecule has 3 heterocycles. The van der Waals surface area contributed by atoms with Crippen LogP contribution in [0.5, 0.6) is 0 Å². The molecule has 206 valence electrons. The Bertz CT molecular complexity index is 1530. The first kappa shape index (κ1) is 26.8. The number of aryl methyl sites for hydroxylation is 1. The number of aromatic nitrogens is 4. The Labute approximate surface area is 231 Å². The molecule has 0 bridgehead atoms. The first-order valence-corrected chi connectivity index (χ1v) is 13.1. The van der Waals surface area contributed by atoms with E-state index >= 15 is 4.39 Å². The third-order valence-electron chi connectivity index (χ3n) is 6.63. The van der Waals surface area contributed by atoms with E-state index in [0.29, 0.717) is 28.2 Å². The normalized spacial score (nSPS) is 13.4. The van der Waals surface area contributed by atoms with E-state index in [9.17, 15) is 9.18 Å². The van der Waals surface area contributed by atoms with Crippen LogP contribution >= 0.6 is 0 Å². The maximum atomic E-state index is 15.4. The summed E-state index contributed by atoms with van der Waals surface area (Å²) in [4.78, 5) is 22.8. The van der Waals surface area contributed by atoms with E-state index < -0.39 is 11.7 Å². The Morgan fingerprint density at radius 3 is 2.48 bits per heavy atom. The van der Waals surface area contributed by atoms with Crippen molar-refractivity contribution < 1.29 is 13.6 Å². The topological polar surface area (TPSA) is 100 Å². The van der Waals surface area contributed by atoms with Gasteiger partial charge in [-0.25, -0.2) is 13.8 Å². The molecule has 4 aromatic rings. The molecule has 0 saturated carbocycles. The van der Waals surface area contributed by atoms with Crippen molar-refractivity contribution in [2.45, 2.75) is 25.7 Å². The maximum Gasteiger partial charge on any atom is 0.247 e. The highest BCUT2D eigenvalue weighted by Crippen LogP contribution is 2.34. The fourth-order valence-corrected chi connectivity index (χ4v) is 4.63. The molecule has 1 fully saturated rings. The minimum Gasteiger partial charge on any atom is -0.369 e. The van der Waals surface area contributed by atoms with Crippen LogP contribution in [0.2, 0.25) is 0 Å². The zero-order valence-corrected chi connectivity index (χ0v) is 22.1. The molecule has 1 aliphatic rings. The molecular weight excluding hydrogens is 514 g/mol. The number of anilines is 6. The lowest BCUT2D eigenvalue weighted by molar-refractivity contribution is -0.111. The van der Waals surface area contributed by atoms with Gasteiger partial charge >= 0.3 is 0 Å². The zero-order valence-electron chi connectivity index (χ0n) is 22.1. The van der Waals surface area contributed by atoms with Crippen molar-refractivity contribution in [3.63, 3.8) is 0 Å². The summed E-state index contributed by atoms with van der Waals surface area (Å²) >= 11 is 0. The Hall–Kier alpha value is -4.80. The zero-order chi connectivity index (χ0) is 28.1. The number of hydrogen-bond donors (Lipinski definition) is 3. The SMILES string of the molecule is C=CC(=O)Nc1ccc(F)c(Nc2nc(Nc3cnn(C)c3)ncc2-c2ccc(N3CCCCCC3)c(F)c2)c1. The van der Waals surface area contributed by atoms with E-state index in [-0.39, 0.29) is 23.3 Å². The van der Waals surface area contributed by atoms with Gasteiger partial charge in [-0.2, -0.15) is 10.1 Å². The standard InChI is InChI=1S/C29H30F2N8O/c1-3-27(40)34-20-9-10-23(30)25(15-20)36-28-22(17-32-29(37-28)35-21-16-33-38(2)18-21)19-8-11-26(24(31)14-19)39-12-6-4-5-7-13-39/h3,8-11,14-18H,1,4-7,12-13H2,2H3,(H,34,40)(H2,32,35,36,37). The number of carbonyl (C=O) groups is 1. The number of halogens is 2. The summed E-state index contributed by atoms with van der Waals surface area (Å²) in [6.07, 6.45) is 10.4. The lowest BCUT2D eigenvalue weighted by Crippen LogP contribution is -2.24. The van der Waals surface area contributed by atoms with Crippen LogP contribution in [0, 0.1) is 11.6 Å². The molecule has 40 heavy (non-hydrogen) atoms. The number of nitrogens with zero attached hydrogens (tertiary/aromatic N) is 5. The van der Waals surface area contributed by atoms with Crippen molar-refractivity contribution in [3.05, 3.63) is 79.3 Å². The molecule has 0 atom stereocenters. The average molecular weight is 545 g/mol. The van der Waals surface area contributed by atoms with Crippen LogP contribution in [0.15, 0.2) is 67.6 Å². The molecule has 9 nitrogen and oxygen atoms in total. The van der Waals surface area contributed by atoms with Crippen molar-refractivity contribution in [2.75, 3.05) is 33.9 Å². The van der Waals surface area contributed by atoms with Crippen LogP contribution < -0.4 is 20.9 Å². The summed E-state index contributed by atoms with van der Waals surface area (Å²) < 4.78 is 31.9. The number of carbonyl (C=O) groups excluding carboxylic acids is 1. The third kappa shape index (κ3) is 6.25. The highest BCUT2D eigenvalue weighted by molar-refractivity contribution is 5.99. The molecule has 0 aliphatic carbocycles. The molecule has 2 aromatic heterocycles. The quantitative estimate of drug-likeness (QED) is 0.229. The Balaban J connectivity index is 1.51. The van der Waals surface area contributed by atoms with Crippen LogP contribution in [0.4, 0.5) is 43.3 Å². The van der Waals surface area contributed by atoms with Crippen molar-refractivity contribution in [2.24, 2.45) is 7.05 Å². The molecule has 3 N–H and O–H groups in total. The van der Waals surface area contributed by atoms with Gasteiger partial charge in [0.1, 0.15) is 17.5 Å². The highest BCUT2D eigenvalue weighted by atomic mass is 19.1. The van der Waals surface area contributed by atoms with E-state index in [4.69, 9.17) is 0 Å². The summed E-state index contributed by atoms with van der Waals surface area (Å²) in [5.41, 5.74) is 2.66. The van der Waals surface area contributed by atoms with E-state index in [1.807, 2.05) is 6.07 Å². The summed E-state index contributed by atoms with van der Waals surface area (Å²) in [7, 11) is 1.78. The monoisotopic (exact) mass is 544 g/mol. The molecular formula is C29H30F2N8O. The highest BCUT2D eigenvalue weighted by Gasteiger charge is 2.18. The summed E-state index contributed by atoms with van der Waals surface area (Å²) in [5.74, 6) is -0.857. The van der Waals surface area contributed by atoms with Crippen molar-refractivity contribution in [1.29, 1.82) is 0 Å². The molecule has 5 rings (SSSR count). The Kier molecular flexibility index (Phi) is 7.99. The largest absolute Gasteiger partial charge is 0.369 e. The minimum atomic E-state index is -0.564. The lowest BCUT2D eigenvalue weighted by Gasteiger charge is -2.23. The van der Waals surface area contributed by atoms with E-state index in [0.717, 1.165) is 44.8 Å². The summed E-state index contributed by atoms with van der Waals surface area (Å²) in [6, 6.07) is 9.16. The number of rotatable bonds is 8. The molecule has 1 aliphatic heterocycles. The number of nitrogens with one attached hydrogen (secondary N) is 3. The predicted molar refractivity (Wildman–Crippen MR) is 153 cm³/mol. The Morgan fingerprint density at radius 1 is 0.975 bits per heavy atom. The molecule has 0 radical (unpaired) electrons. The van der Waals surface area contributed by atoms with E-state index in [1.54, 1.807) is 36.4 Å². The smallest absolute Gasteiger partial charge is 0.247 e. The van der Waals surface area contributed by atoms with Gasteiger partial charge in [0, 0.05) is 43.8 Å². The molecule has 11 heteroatoms. The lowest BCUT2D eigenvalue weighted by atomic mass is 10.1. The van der Waals surface area contributed by atoms with E-state index in [2.05, 4.69) is 42.5 Å². The molecule has 2 aromatic carbocycles. The predicted octanol–water partition coefficient (Wildman–Crippen LogP) is 6.15. The van der Waals surface area contributed by atoms with Crippen molar-refractivity contribution >= 4 is 40.4 Å². The van der Waals surface area contributed by atoms with Crippen molar-refractivity contribution in [1.82, 2.24) is 19.7 Å². The van der Waals surface area contributed by atoms with Gasteiger partial charge in [-0.1, -0.05) is 25.5 Å². The third-order valence-corrected chi connectivity index (χ3v) is 6.63. The fraction of sp³-hybridized carbons (Fsp3) is 0.241. The number of benzene rings is 2. The second kappa shape index (κ2) is 11.9. The van der Waals surface area contributed by atoms with Crippen LogP contribution in [0.25, 0.3) is 11.1 Å². The van der Waals surface area contributed by atoms with Gasteiger partial charge in [-0.15, -0.1) is 0 Å². The average Bonchev–Trinajstić information content (AvgIpc) is 3.17. The van der Waals surface area contributed by atoms with Gasteiger partial charge in [-0.3, -0.25) is 9.48 Å². The summed E-state index contributed by atoms with van der Waals surface area (Å²) in [5, 5.41) is 12.8. The van der Waals surface area contributed by atoms with Gasteiger partial charge < -0.3 is 20.9 Å². The van der Waals surface area contributed by atoms with Gasteiger partial charge in [0.15, 0.2) is 0 Å². The van der Waals surface area contributed by atoms with Crippen LogP contribution in [-0.2, 0) is 11.8 Å². The second-order valence-corrected chi connectivity index (χ2v) is 9.56. The minimum absolute atomic E-state index is 0.0656. The summed E-state index contributed by atoms with van der Waals surface area (Å²) in [6.45, 7) is 5.07. The molecule has 1 saturated heterocycles. The first-order valence-electron chi connectivity index (χ1n) is 13.1. The van der Waals surface area contributed by atoms with Gasteiger partial charge in [0.05, 0.1) is 23.3 Å². The second-order valence-electron chi connectivity index (χ2n) is 9.56. The van der Waals surface area contributed by atoms with E-state index in [1.165, 1.54) is 24.3 Å². The van der Waals surface area contributed by atoms with Gasteiger partial charge in [0.2, 0.25) is 11.9 Å². The molecule has 0 spiro atoms. The number of amides is 1. The van der Waals surface area contributed by atoms with Gasteiger partial charge in [0.25, 0.3) is 0 Å². The van der Waals surface area contributed by atoms with Crippen LogP contribution in [-0.4, -0.2) is 38.7 Å². The van der Waals surface area contributed by atoms with Gasteiger partial charge in [-0.05, 0) is 54.8 Å². The van der Waals surface area contributed by atoms with Crippen LogP contribution in [0.1, 0.15) is 25.7 Å². The fourth-order valence-electron chi connectivity index (χ4n) is 4.63. The number of hydrogen-bond acceptors (Lipinski definition) is 7. The van der Waals surface area contributed by atoms with Crippen molar-refractivity contribution in [3.8, 4) is 11.1 Å². The molecule has 0 unspecified atom stereocenters. The first-order chi connectivity index (χ1) is 19.4.